The first kappa shape index (κ1) is 24.1. The maximum Gasteiger partial charge on any atom is 0.336 e. The second-order valence-corrected chi connectivity index (χ2v) is 5.83. The monoisotopic (exact) mass is 355 g/mol. The Morgan fingerprint density at radius 1 is 0.840 bits per heavy atom. The summed E-state index contributed by atoms with van der Waals surface area (Å²) in [7, 11) is 8.50. The van der Waals surface area contributed by atoms with Gasteiger partial charge in [0, 0.05) is 17.7 Å². The fourth-order valence-corrected chi connectivity index (χ4v) is 0.990. The Bertz CT molecular complexity index is 589. The summed E-state index contributed by atoms with van der Waals surface area (Å²) in [6.07, 6.45) is 1.12. The molecule has 0 radical (unpaired) electrons. The summed E-state index contributed by atoms with van der Waals surface area (Å²) in [5.74, 6) is -5.26. The van der Waals surface area contributed by atoms with Crippen LogP contribution in [-0.4, -0.2) is 71.9 Å². The van der Waals surface area contributed by atoms with Gasteiger partial charge >= 0.3 is 17.9 Å². The molecule has 25 heavy (non-hydrogen) atoms. The van der Waals surface area contributed by atoms with Crippen LogP contribution >= 0.6 is 0 Å². The number of rotatable bonds is 4. The molecule has 1 aromatic carbocycles. The van der Waals surface area contributed by atoms with Gasteiger partial charge in [-0.25, -0.2) is 14.4 Å². The molecule has 0 saturated carbocycles. The number of hydrogen-bond acceptors (Lipinski definition) is 5. The first-order valence-corrected chi connectivity index (χ1v) is 6.72. The Morgan fingerprint density at radius 3 is 1.36 bits per heavy atom. The molecule has 0 spiro atoms. The lowest BCUT2D eigenvalue weighted by molar-refractivity contribution is -0.849. The second-order valence-electron chi connectivity index (χ2n) is 5.83. The molecule has 0 bridgehead atoms. The van der Waals surface area contributed by atoms with E-state index in [0.717, 1.165) is 4.48 Å². The van der Waals surface area contributed by atoms with E-state index in [4.69, 9.17) is 15.3 Å². The van der Waals surface area contributed by atoms with Crippen molar-refractivity contribution in [3.63, 3.8) is 0 Å². The van der Waals surface area contributed by atoms with Crippen LogP contribution in [0, 0.1) is 0 Å². The van der Waals surface area contributed by atoms with Crippen molar-refractivity contribution in [3.05, 3.63) is 47.5 Å². The minimum Gasteiger partial charge on any atom is -0.545 e. The number of aromatic carboxylic acids is 2. The fourth-order valence-electron chi connectivity index (χ4n) is 0.990. The van der Waals surface area contributed by atoms with Gasteiger partial charge in [-0.15, -0.1) is 0 Å². The maximum atomic E-state index is 10.4. The van der Waals surface area contributed by atoms with Crippen LogP contribution in [0.1, 0.15) is 20.7 Å². The number of quaternary nitrogens is 1. The average Bonchev–Trinajstić information content (AvgIpc) is 2.44. The maximum absolute atomic E-state index is 10.4. The van der Waals surface area contributed by atoms with Crippen molar-refractivity contribution in [3.8, 4) is 0 Å². The van der Waals surface area contributed by atoms with Crippen molar-refractivity contribution in [1.82, 2.24) is 0 Å². The lowest BCUT2D eigenvalue weighted by Gasteiger charge is -2.14. The fraction of sp³-hybridized carbons (Fsp3) is 0.250. The lowest BCUT2D eigenvalue weighted by atomic mass is 10.1. The highest BCUT2D eigenvalue weighted by Gasteiger charge is 2.08. The minimum absolute atomic E-state index is 0.252. The lowest BCUT2D eigenvalue weighted by Crippen LogP contribution is -2.27. The largest absolute Gasteiger partial charge is 0.545 e. The molecule has 9 nitrogen and oxygen atoms in total. The Labute approximate surface area is 144 Å². The van der Waals surface area contributed by atoms with Crippen molar-refractivity contribution in [2.24, 2.45) is 0 Å². The molecule has 0 heterocycles. The predicted molar refractivity (Wildman–Crippen MR) is 86.1 cm³/mol. The van der Waals surface area contributed by atoms with Gasteiger partial charge in [-0.05, 0) is 6.07 Å². The molecule has 1 rings (SSSR count). The van der Waals surface area contributed by atoms with Crippen LogP contribution in [0.2, 0.25) is 0 Å². The van der Waals surface area contributed by atoms with E-state index >= 15 is 0 Å². The van der Waals surface area contributed by atoms with Crippen molar-refractivity contribution in [2.75, 3.05) is 28.2 Å². The van der Waals surface area contributed by atoms with Crippen LogP contribution in [0.3, 0.4) is 0 Å². The first-order chi connectivity index (χ1) is 11.3. The van der Waals surface area contributed by atoms with Crippen LogP contribution in [0.25, 0.3) is 0 Å². The van der Waals surface area contributed by atoms with E-state index in [1.165, 1.54) is 24.3 Å². The Morgan fingerprint density at radius 2 is 1.16 bits per heavy atom. The molecule has 0 atom stereocenters. The molecule has 0 aromatic heterocycles. The average molecular weight is 355 g/mol. The van der Waals surface area contributed by atoms with E-state index in [0.29, 0.717) is 12.2 Å². The number of benzene rings is 1. The second kappa shape index (κ2) is 11.4. The molecular weight excluding hydrogens is 334 g/mol. The summed E-state index contributed by atoms with van der Waals surface area (Å²) < 4.78 is 1.00. The molecule has 0 aliphatic heterocycles. The molecular formula is C16H21NO8. The number of carboxylic acid groups (broad SMARTS) is 4. The molecule has 0 aliphatic rings. The summed E-state index contributed by atoms with van der Waals surface area (Å²) in [4.78, 5) is 39.9. The van der Waals surface area contributed by atoms with E-state index < -0.39 is 23.9 Å². The predicted octanol–water partition coefficient (Wildman–Crippen LogP) is -0.217. The quantitative estimate of drug-likeness (QED) is 0.495. The zero-order valence-electron chi connectivity index (χ0n) is 14.3. The Hall–Kier alpha value is -3.20. The molecule has 1 aromatic rings. The topological polar surface area (TPSA) is 152 Å². The van der Waals surface area contributed by atoms with Crippen LogP contribution in [-0.2, 0) is 9.59 Å². The summed E-state index contributed by atoms with van der Waals surface area (Å²) in [5.41, 5.74) is -0.553. The van der Waals surface area contributed by atoms with Gasteiger partial charge < -0.3 is 29.7 Å². The standard InChI is InChI=1S/C8H6O4.C4H12N.C4H4O4/c9-7(10)5-3-1-2-4-6(5)8(11)12;1-5(2,3)4;5-3(6)1-2-4(7)8/h1-4H,(H,9,10)(H,11,12);1-4H3;1-2H,(H,5,6)(H,7,8)/q;+1;/p-1/b;;2-1-. The zero-order chi connectivity index (χ0) is 20.2. The van der Waals surface area contributed by atoms with Gasteiger partial charge in [0.1, 0.15) is 0 Å². The van der Waals surface area contributed by atoms with Gasteiger partial charge in [0.05, 0.1) is 39.7 Å². The Balaban J connectivity index is 0. The normalized spacial score (nSPS) is 9.92. The molecule has 0 unspecified atom stereocenters. The summed E-state index contributed by atoms with van der Waals surface area (Å²) >= 11 is 0. The van der Waals surface area contributed by atoms with Gasteiger partial charge in [0.15, 0.2) is 0 Å². The van der Waals surface area contributed by atoms with Gasteiger partial charge in [0.2, 0.25) is 0 Å². The van der Waals surface area contributed by atoms with Crippen LogP contribution in [0.15, 0.2) is 36.4 Å². The highest BCUT2D eigenvalue weighted by atomic mass is 16.4. The third-order valence-corrected chi connectivity index (χ3v) is 1.75. The van der Waals surface area contributed by atoms with E-state index in [-0.39, 0.29) is 11.1 Å². The highest BCUT2D eigenvalue weighted by molar-refractivity contribution is 6.00. The van der Waals surface area contributed by atoms with E-state index in [9.17, 15) is 24.3 Å². The molecule has 0 aliphatic carbocycles. The van der Waals surface area contributed by atoms with Crippen LogP contribution in [0.5, 0.6) is 0 Å². The summed E-state index contributed by atoms with van der Waals surface area (Å²) in [6.45, 7) is 0. The first-order valence-electron chi connectivity index (χ1n) is 6.72. The molecule has 0 saturated heterocycles. The van der Waals surface area contributed by atoms with Crippen molar-refractivity contribution in [2.45, 2.75) is 0 Å². The zero-order valence-corrected chi connectivity index (χ0v) is 14.3. The minimum atomic E-state index is -1.48. The molecule has 3 N–H and O–H groups in total. The third kappa shape index (κ3) is 17.0. The summed E-state index contributed by atoms with van der Waals surface area (Å²) in [5, 5.41) is 34.5. The van der Waals surface area contributed by atoms with E-state index in [1.54, 1.807) is 0 Å². The Kier molecular flexibility index (Phi) is 10.9. The van der Waals surface area contributed by atoms with Gasteiger partial charge in [-0.1, -0.05) is 18.2 Å². The van der Waals surface area contributed by atoms with Crippen molar-refractivity contribution >= 4 is 23.9 Å². The molecule has 0 amide bonds. The van der Waals surface area contributed by atoms with Crippen LogP contribution in [0.4, 0.5) is 0 Å². The number of carbonyl (C=O) groups excluding carboxylic acids is 1. The third-order valence-electron chi connectivity index (χ3n) is 1.75. The highest BCUT2D eigenvalue weighted by Crippen LogP contribution is 2.06. The summed E-state index contributed by atoms with van der Waals surface area (Å²) in [6, 6.07) is 5.31. The SMILES string of the molecule is C[N+](C)(C)C.O=C(O)/C=C\C(=O)O.O=C([O-])c1ccccc1C(=O)O. The number of carbonyl (C=O) groups is 4. The van der Waals surface area contributed by atoms with Crippen molar-refractivity contribution in [1.29, 1.82) is 0 Å². The van der Waals surface area contributed by atoms with Crippen LogP contribution < -0.4 is 5.11 Å². The van der Waals surface area contributed by atoms with Crippen molar-refractivity contribution < 1.29 is 44.1 Å². The molecule has 9 heteroatoms. The van der Waals surface area contributed by atoms with E-state index in [1.807, 2.05) is 0 Å². The van der Waals surface area contributed by atoms with Gasteiger partial charge in [-0.2, -0.15) is 0 Å². The number of aliphatic carboxylic acids is 2. The number of carboxylic acids is 4. The van der Waals surface area contributed by atoms with E-state index in [2.05, 4.69) is 28.2 Å². The number of hydrogen-bond donors (Lipinski definition) is 3. The van der Waals surface area contributed by atoms with Gasteiger partial charge in [0.25, 0.3) is 0 Å². The molecule has 0 fully saturated rings. The van der Waals surface area contributed by atoms with Gasteiger partial charge in [-0.3, -0.25) is 0 Å². The smallest absolute Gasteiger partial charge is 0.336 e. The number of nitrogens with zero attached hydrogens (tertiary/aromatic N) is 1. The molecule has 138 valence electrons.